The molecular weight excluding hydrogens is 266 g/mol. The Morgan fingerprint density at radius 1 is 1.14 bits per heavy atom. The van der Waals surface area contributed by atoms with E-state index in [1.165, 1.54) is 32.1 Å². The van der Waals surface area contributed by atoms with E-state index >= 15 is 0 Å². The largest absolute Gasteiger partial charge is 0.368 e. The topological polar surface area (TPSA) is 56.6 Å². The minimum atomic E-state index is -0.134. The third kappa shape index (κ3) is 3.75. The van der Waals surface area contributed by atoms with Crippen LogP contribution >= 0.6 is 0 Å². The molecule has 2 aliphatic carbocycles. The second-order valence-electron chi connectivity index (χ2n) is 6.52. The number of amides is 1. The summed E-state index contributed by atoms with van der Waals surface area (Å²) in [5, 5.41) is 9.31. The molecule has 0 aromatic heterocycles. The number of piperazine rings is 1. The molecule has 1 amide bonds. The lowest BCUT2D eigenvalue weighted by molar-refractivity contribution is -0.141. The maximum atomic E-state index is 12.3. The van der Waals surface area contributed by atoms with Crippen molar-refractivity contribution in [1.29, 1.82) is 5.26 Å². The molecule has 1 saturated heterocycles. The Labute approximate surface area is 126 Å². The molecule has 0 radical (unpaired) electrons. The Bertz CT molecular complexity index is 410. The highest BCUT2D eigenvalue weighted by atomic mass is 16.5. The van der Waals surface area contributed by atoms with Crippen molar-refractivity contribution in [1.82, 2.24) is 9.80 Å². The van der Waals surface area contributed by atoms with Crippen molar-refractivity contribution in [3.05, 3.63) is 0 Å². The van der Waals surface area contributed by atoms with Gasteiger partial charge in [0, 0.05) is 25.7 Å². The van der Waals surface area contributed by atoms with E-state index in [1.807, 2.05) is 4.90 Å². The number of ether oxygens (including phenoxy) is 1. The molecule has 116 valence electrons. The normalized spacial score (nSPS) is 28.3. The van der Waals surface area contributed by atoms with Crippen molar-refractivity contribution in [2.24, 2.45) is 0 Å². The molecule has 3 fully saturated rings. The highest BCUT2D eigenvalue weighted by Crippen LogP contribution is 2.30. The van der Waals surface area contributed by atoms with Gasteiger partial charge in [0.1, 0.15) is 12.6 Å². The van der Waals surface area contributed by atoms with E-state index in [4.69, 9.17) is 4.74 Å². The molecule has 0 N–H and O–H groups in total. The van der Waals surface area contributed by atoms with Crippen molar-refractivity contribution >= 4 is 5.91 Å². The van der Waals surface area contributed by atoms with E-state index in [-0.39, 0.29) is 24.7 Å². The van der Waals surface area contributed by atoms with Crippen LogP contribution in [0, 0.1) is 11.3 Å². The lowest BCUT2D eigenvalue weighted by Gasteiger charge is -2.38. The van der Waals surface area contributed by atoms with Crippen LogP contribution in [0.25, 0.3) is 0 Å². The van der Waals surface area contributed by atoms with E-state index in [1.54, 1.807) is 0 Å². The van der Waals surface area contributed by atoms with Gasteiger partial charge in [0.25, 0.3) is 0 Å². The molecule has 5 nitrogen and oxygen atoms in total. The molecule has 1 heterocycles. The van der Waals surface area contributed by atoms with Gasteiger partial charge < -0.3 is 9.64 Å². The first kappa shape index (κ1) is 14.8. The van der Waals surface area contributed by atoms with Gasteiger partial charge in [0.05, 0.1) is 12.2 Å². The standard InChI is InChI=1S/C16H25N3O2/c17-10-14-11-18(8-9-19(14)13-6-7-13)16(20)12-21-15-4-2-1-3-5-15/h13-15H,1-9,11-12H2. The van der Waals surface area contributed by atoms with Crippen molar-refractivity contribution in [2.45, 2.75) is 63.1 Å². The Balaban J connectivity index is 1.45. The zero-order valence-electron chi connectivity index (χ0n) is 12.7. The van der Waals surface area contributed by atoms with Gasteiger partial charge in [-0.2, -0.15) is 5.26 Å². The summed E-state index contributed by atoms with van der Waals surface area (Å²) in [5.74, 6) is 0.0521. The van der Waals surface area contributed by atoms with E-state index in [0.29, 0.717) is 12.6 Å². The first-order valence-corrected chi connectivity index (χ1v) is 8.32. The molecule has 0 spiro atoms. The number of hydrogen-bond donors (Lipinski definition) is 0. The summed E-state index contributed by atoms with van der Waals surface area (Å²) < 4.78 is 5.77. The summed E-state index contributed by atoms with van der Waals surface area (Å²) in [6, 6.07) is 2.81. The first-order chi connectivity index (χ1) is 10.3. The van der Waals surface area contributed by atoms with Gasteiger partial charge in [0.2, 0.25) is 5.91 Å². The fraction of sp³-hybridized carbons (Fsp3) is 0.875. The summed E-state index contributed by atoms with van der Waals surface area (Å²) in [5.41, 5.74) is 0. The minimum absolute atomic E-state index is 0.0521. The molecule has 0 aromatic carbocycles. The number of carbonyl (C=O) groups excluding carboxylic acids is 1. The third-order valence-electron chi connectivity index (χ3n) is 4.93. The summed E-state index contributed by atoms with van der Waals surface area (Å²) in [7, 11) is 0. The van der Waals surface area contributed by atoms with Crippen LogP contribution in [0.1, 0.15) is 44.9 Å². The smallest absolute Gasteiger partial charge is 0.248 e. The fourth-order valence-corrected chi connectivity index (χ4v) is 3.49. The molecular formula is C16H25N3O2. The second-order valence-corrected chi connectivity index (χ2v) is 6.52. The van der Waals surface area contributed by atoms with Crippen LogP contribution in [0.2, 0.25) is 0 Å². The number of nitrogens with zero attached hydrogens (tertiary/aromatic N) is 3. The Hall–Kier alpha value is -1.12. The van der Waals surface area contributed by atoms with Gasteiger partial charge in [-0.05, 0) is 25.7 Å². The van der Waals surface area contributed by atoms with Crippen LogP contribution in [0.4, 0.5) is 0 Å². The van der Waals surface area contributed by atoms with E-state index < -0.39 is 0 Å². The molecule has 2 saturated carbocycles. The monoisotopic (exact) mass is 291 g/mol. The van der Waals surface area contributed by atoms with Crippen LogP contribution in [0.5, 0.6) is 0 Å². The van der Waals surface area contributed by atoms with Crippen molar-refractivity contribution in [3.8, 4) is 6.07 Å². The highest BCUT2D eigenvalue weighted by molar-refractivity contribution is 5.77. The maximum Gasteiger partial charge on any atom is 0.248 e. The van der Waals surface area contributed by atoms with Gasteiger partial charge in [-0.25, -0.2) is 0 Å². The van der Waals surface area contributed by atoms with Gasteiger partial charge >= 0.3 is 0 Å². The zero-order chi connectivity index (χ0) is 14.7. The van der Waals surface area contributed by atoms with Crippen LogP contribution in [0.15, 0.2) is 0 Å². The Kier molecular flexibility index (Phi) is 4.77. The second kappa shape index (κ2) is 6.76. The Morgan fingerprint density at radius 2 is 1.90 bits per heavy atom. The maximum absolute atomic E-state index is 12.3. The molecule has 21 heavy (non-hydrogen) atoms. The van der Waals surface area contributed by atoms with Crippen LogP contribution in [-0.4, -0.2) is 60.1 Å². The molecule has 1 unspecified atom stereocenters. The van der Waals surface area contributed by atoms with Crippen molar-refractivity contribution in [3.63, 3.8) is 0 Å². The molecule has 3 rings (SSSR count). The fourth-order valence-electron chi connectivity index (χ4n) is 3.49. The average Bonchev–Trinajstić information content (AvgIpc) is 3.37. The van der Waals surface area contributed by atoms with E-state index in [0.717, 1.165) is 25.9 Å². The molecule has 3 aliphatic rings. The lowest BCUT2D eigenvalue weighted by Crippen LogP contribution is -2.55. The molecule has 0 bridgehead atoms. The van der Waals surface area contributed by atoms with Crippen molar-refractivity contribution < 1.29 is 9.53 Å². The number of carbonyl (C=O) groups is 1. The predicted molar refractivity (Wildman–Crippen MR) is 78.5 cm³/mol. The van der Waals surface area contributed by atoms with Gasteiger partial charge in [-0.3, -0.25) is 9.69 Å². The number of nitriles is 1. The molecule has 1 aliphatic heterocycles. The molecule has 5 heteroatoms. The Morgan fingerprint density at radius 3 is 2.57 bits per heavy atom. The minimum Gasteiger partial charge on any atom is -0.368 e. The molecule has 0 aromatic rings. The predicted octanol–water partition coefficient (Wildman–Crippen LogP) is 1.53. The SMILES string of the molecule is N#CC1CN(C(=O)COC2CCCCC2)CCN1C1CC1. The van der Waals surface area contributed by atoms with Crippen LogP contribution in [0.3, 0.4) is 0 Å². The third-order valence-corrected chi connectivity index (χ3v) is 4.93. The summed E-state index contributed by atoms with van der Waals surface area (Å²) in [4.78, 5) is 16.4. The summed E-state index contributed by atoms with van der Waals surface area (Å²) >= 11 is 0. The zero-order valence-corrected chi connectivity index (χ0v) is 12.7. The van der Waals surface area contributed by atoms with E-state index in [2.05, 4.69) is 11.0 Å². The van der Waals surface area contributed by atoms with E-state index in [9.17, 15) is 10.1 Å². The summed E-state index contributed by atoms with van der Waals surface area (Å²) in [6.45, 7) is 2.30. The van der Waals surface area contributed by atoms with Crippen LogP contribution < -0.4 is 0 Å². The lowest BCUT2D eigenvalue weighted by atomic mass is 9.98. The first-order valence-electron chi connectivity index (χ1n) is 8.32. The quantitative estimate of drug-likeness (QED) is 0.788. The van der Waals surface area contributed by atoms with Crippen LogP contribution in [-0.2, 0) is 9.53 Å². The highest BCUT2D eigenvalue weighted by Gasteiger charge is 2.38. The summed E-state index contributed by atoms with van der Waals surface area (Å²) in [6.07, 6.45) is 8.58. The molecule has 1 atom stereocenters. The van der Waals surface area contributed by atoms with Crippen molar-refractivity contribution in [2.75, 3.05) is 26.2 Å². The van der Waals surface area contributed by atoms with Gasteiger partial charge in [0.15, 0.2) is 0 Å². The van der Waals surface area contributed by atoms with Gasteiger partial charge in [-0.1, -0.05) is 19.3 Å². The number of hydrogen-bond acceptors (Lipinski definition) is 4. The van der Waals surface area contributed by atoms with Gasteiger partial charge in [-0.15, -0.1) is 0 Å². The number of rotatable bonds is 4. The average molecular weight is 291 g/mol.